The Morgan fingerprint density at radius 2 is 2.50 bits per heavy atom. The molecular formula is C7H7N3. The van der Waals surface area contributed by atoms with Gasteiger partial charge in [0.25, 0.3) is 0 Å². The van der Waals surface area contributed by atoms with Crippen molar-refractivity contribution >= 4 is 12.4 Å². The number of nitrogens with zero attached hydrogens (tertiary/aromatic N) is 2. The third-order valence-corrected chi connectivity index (χ3v) is 1.41. The minimum Gasteiger partial charge on any atom is -0.346 e. The van der Waals surface area contributed by atoms with E-state index >= 15 is 0 Å². The summed E-state index contributed by atoms with van der Waals surface area (Å²) in [6, 6.07) is 1.96. The molecule has 1 aliphatic heterocycles. The molecule has 0 amide bonds. The van der Waals surface area contributed by atoms with E-state index in [1.54, 1.807) is 6.21 Å². The molecule has 0 aliphatic carbocycles. The number of aromatic nitrogens is 1. The summed E-state index contributed by atoms with van der Waals surface area (Å²) >= 11 is 0. The van der Waals surface area contributed by atoms with Crippen LogP contribution in [0.4, 0.5) is 0 Å². The van der Waals surface area contributed by atoms with Crippen LogP contribution >= 0.6 is 0 Å². The van der Waals surface area contributed by atoms with Crippen molar-refractivity contribution < 1.29 is 0 Å². The van der Waals surface area contributed by atoms with Crippen LogP contribution in [0.15, 0.2) is 22.2 Å². The van der Waals surface area contributed by atoms with Gasteiger partial charge in [0.1, 0.15) is 5.49 Å². The molecule has 0 fully saturated rings. The highest BCUT2D eigenvalue weighted by Crippen LogP contribution is 1.73. The van der Waals surface area contributed by atoms with Gasteiger partial charge in [0.2, 0.25) is 0 Å². The van der Waals surface area contributed by atoms with E-state index in [1.807, 2.05) is 18.5 Å². The lowest BCUT2D eigenvalue weighted by Crippen LogP contribution is -2.21. The fourth-order valence-corrected chi connectivity index (χ4v) is 0.926. The first kappa shape index (κ1) is 5.41. The summed E-state index contributed by atoms with van der Waals surface area (Å²) < 4.78 is 0. The largest absolute Gasteiger partial charge is 0.346 e. The first-order valence-electron chi connectivity index (χ1n) is 3.16. The van der Waals surface area contributed by atoms with Crippen LogP contribution in [0.25, 0.3) is 6.20 Å². The predicted octanol–water partition coefficient (Wildman–Crippen LogP) is -0.543. The Morgan fingerprint density at radius 3 is 3.50 bits per heavy atom. The number of aromatic amines is 1. The molecule has 2 rings (SSSR count). The topological polar surface area (TPSA) is 40.5 Å². The van der Waals surface area contributed by atoms with E-state index in [4.69, 9.17) is 0 Å². The van der Waals surface area contributed by atoms with Gasteiger partial charge >= 0.3 is 0 Å². The molecule has 1 aromatic rings. The van der Waals surface area contributed by atoms with Crippen molar-refractivity contribution in [2.75, 3.05) is 6.54 Å². The van der Waals surface area contributed by atoms with Gasteiger partial charge in [-0.1, -0.05) is 0 Å². The van der Waals surface area contributed by atoms with Gasteiger partial charge in [-0.3, -0.25) is 9.98 Å². The third-order valence-electron chi connectivity index (χ3n) is 1.41. The van der Waals surface area contributed by atoms with Crippen molar-refractivity contribution in [3.05, 3.63) is 23.0 Å². The van der Waals surface area contributed by atoms with Crippen molar-refractivity contribution in [1.29, 1.82) is 0 Å². The van der Waals surface area contributed by atoms with E-state index in [2.05, 4.69) is 15.0 Å². The number of aliphatic imine (C=N–C) groups is 1. The summed E-state index contributed by atoms with van der Waals surface area (Å²) in [5.41, 5.74) is 0.928. The van der Waals surface area contributed by atoms with Crippen LogP contribution in [0.3, 0.4) is 0 Å². The molecule has 0 radical (unpaired) electrons. The maximum absolute atomic E-state index is 4.21. The molecule has 0 spiro atoms. The van der Waals surface area contributed by atoms with Crippen LogP contribution in [-0.4, -0.2) is 17.7 Å². The predicted molar refractivity (Wildman–Crippen MR) is 39.4 cm³/mol. The molecule has 1 N–H and O–H groups in total. The first-order chi connectivity index (χ1) is 4.97. The fraction of sp³-hybridized carbons (Fsp3) is 0.143. The number of fused-ring (bicyclic) bond motifs is 1. The standard InChI is InChI=1S/C7H7N3/c1-2-9-7-6(1)5-8-3-4-10-7/h1-3,5H,4H2,(H,9,10). The summed E-state index contributed by atoms with van der Waals surface area (Å²) in [7, 11) is 0. The maximum atomic E-state index is 4.21. The summed E-state index contributed by atoms with van der Waals surface area (Å²) in [6.45, 7) is 0.671. The lowest BCUT2D eigenvalue weighted by molar-refractivity contribution is 1.11. The van der Waals surface area contributed by atoms with Crippen LogP contribution in [0.5, 0.6) is 0 Å². The van der Waals surface area contributed by atoms with E-state index in [9.17, 15) is 0 Å². The van der Waals surface area contributed by atoms with E-state index in [0.717, 1.165) is 10.7 Å². The van der Waals surface area contributed by atoms with Gasteiger partial charge in [0, 0.05) is 23.8 Å². The molecule has 1 aliphatic rings. The number of H-pyrrole nitrogens is 1. The van der Waals surface area contributed by atoms with E-state index in [-0.39, 0.29) is 0 Å². The third kappa shape index (κ3) is 0.757. The molecule has 1 aromatic heterocycles. The molecule has 0 saturated heterocycles. The molecule has 0 aromatic carbocycles. The van der Waals surface area contributed by atoms with Crippen LogP contribution in [0.1, 0.15) is 0 Å². The summed E-state index contributed by atoms with van der Waals surface area (Å²) in [6.07, 6.45) is 5.46. The van der Waals surface area contributed by atoms with Crippen molar-refractivity contribution in [3.63, 3.8) is 0 Å². The van der Waals surface area contributed by atoms with Crippen molar-refractivity contribution in [1.82, 2.24) is 4.98 Å². The number of hydrogen-bond acceptors (Lipinski definition) is 2. The molecule has 10 heavy (non-hydrogen) atoms. The van der Waals surface area contributed by atoms with Gasteiger partial charge in [-0.05, 0) is 6.07 Å². The summed E-state index contributed by atoms with van der Waals surface area (Å²) in [4.78, 5) is 11.3. The fourth-order valence-electron chi connectivity index (χ4n) is 0.926. The second-order valence-corrected chi connectivity index (χ2v) is 2.08. The minimum absolute atomic E-state index is 0.671. The number of nitrogens with one attached hydrogen (secondary N) is 1. The highest BCUT2D eigenvalue weighted by atomic mass is 14.9. The Balaban J connectivity index is 2.82. The summed E-state index contributed by atoms with van der Waals surface area (Å²) in [5.74, 6) is 0. The van der Waals surface area contributed by atoms with Gasteiger partial charge in [-0.2, -0.15) is 0 Å². The van der Waals surface area contributed by atoms with Crippen LogP contribution < -0.4 is 10.7 Å². The van der Waals surface area contributed by atoms with Crippen molar-refractivity contribution in [3.8, 4) is 0 Å². The molecular weight excluding hydrogens is 126 g/mol. The normalized spacial score (nSPS) is 14.8. The molecule has 0 unspecified atom stereocenters. The zero-order valence-corrected chi connectivity index (χ0v) is 5.41. The average Bonchev–Trinajstić information content (AvgIpc) is 2.28. The highest BCUT2D eigenvalue weighted by Gasteiger charge is 1.87. The molecule has 3 heteroatoms. The zero-order valence-electron chi connectivity index (χ0n) is 5.41. The maximum Gasteiger partial charge on any atom is 0.134 e. The van der Waals surface area contributed by atoms with E-state index in [0.29, 0.717) is 6.54 Å². The Kier molecular flexibility index (Phi) is 1.13. The number of hydrogen-bond donors (Lipinski definition) is 1. The lowest BCUT2D eigenvalue weighted by Gasteiger charge is -1.74. The molecule has 2 heterocycles. The van der Waals surface area contributed by atoms with Crippen LogP contribution in [-0.2, 0) is 0 Å². The molecule has 0 bridgehead atoms. The second kappa shape index (κ2) is 2.10. The van der Waals surface area contributed by atoms with Gasteiger partial charge in [0.15, 0.2) is 0 Å². The van der Waals surface area contributed by atoms with Gasteiger partial charge < -0.3 is 4.98 Å². The SMILES string of the molecule is C1=NC=c2cc[nH]c2=NC1. The monoisotopic (exact) mass is 133 g/mol. The van der Waals surface area contributed by atoms with Crippen molar-refractivity contribution in [2.45, 2.75) is 0 Å². The second-order valence-electron chi connectivity index (χ2n) is 2.08. The molecule has 0 atom stereocenters. The van der Waals surface area contributed by atoms with Gasteiger partial charge in [0.05, 0.1) is 6.54 Å². The van der Waals surface area contributed by atoms with E-state index < -0.39 is 0 Å². The Labute approximate surface area is 57.8 Å². The highest BCUT2D eigenvalue weighted by molar-refractivity contribution is 5.63. The van der Waals surface area contributed by atoms with Crippen LogP contribution in [0.2, 0.25) is 0 Å². The lowest BCUT2D eigenvalue weighted by atomic mass is 10.5. The average molecular weight is 133 g/mol. The zero-order chi connectivity index (χ0) is 6.81. The van der Waals surface area contributed by atoms with Gasteiger partial charge in [-0.25, -0.2) is 0 Å². The Bertz CT molecular complexity index is 358. The quantitative estimate of drug-likeness (QED) is 0.493. The first-order valence-corrected chi connectivity index (χ1v) is 3.16. The summed E-state index contributed by atoms with van der Waals surface area (Å²) in [5, 5.41) is 1.06. The Morgan fingerprint density at radius 1 is 1.50 bits per heavy atom. The minimum atomic E-state index is 0.671. The Hall–Kier alpha value is -1.38. The smallest absolute Gasteiger partial charge is 0.134 e. The number of rotatable bonds is 0. The van der Waals surface area contributed by atoms with Gasteiger partial charge in [-0.15, -0.1) is 0 Å². The molecule has 3 nitrogen and oxygen atoms in total. The van der Waals surface area contributed by atoms with Crippen LogP contribution in [0, 0.1) is 0 Å². The molecule has 50 valence electrons. The molecule has 0 saturated carbocycles. The van der Waals surface area contributed by atoms with Crippen molar-refractivity contribution in [2.24, 2.45) is 9.98 Å². The van der Waals surface area contributed by atoms with E-state index in [1.165, 1.54) is 0 Å².